The zero-order chi connectivity index (χ0) is 14.6. The normalized spacial score (nSPS) is 13.7. The maximum absolute atomic E-state index is 13.0. The molecule has 0 fully saturated rings. The molecule has 1 aromatic carbocycles. The van der Waals surface area contributed by atoms with Gasteiger partial charge in [-0.2, -0.15) is 4.31 Å². The maximum atomic E-state index is 13.0. The average molecular weight is 288 g/mol. The van der Waals surface area contributed by atoms with Gasteiger partial charge >= 0.3 is 0 Å². The van der Waals surface area contributed by atoms with Gasteiger partial charge in [-0.1, -0.05) is 27.2 Å². The number of rotatable bonds is 6. The number of anilines is 1. The average Bonchev–Trinajstić information content (AvgIpc) is 2.34. The summed E-state index contributed by atoms with van der Waals surface area (Å²) in [6, 6.07) is 3.36. The van der Waals surface area contributed by atoms with Gasteiger partial charge in [0.25, 0.3) is 0 Å². The van der Waals surface area contributed by atoms with Crippen LogP contribution < -0.4 is 5.73 Å². The zero-order valence-electron chi connectivity index (χ0n) is 11.6. The number of sulfonamides is 1. The SMILES string of the molecule is CCC(C)CN(CC)S(=O)(=O)c1ccc(F)cc1N. The van der Waals surface area contributed by atoms with Crippen LogP contribution >= 0.6 is 0 Å². The van der Waals surface area contributed by atoms with E-state index in [2.05, 4.69) is 0 Å². The molecule has 1 aromatic rings. The summed E-state index contributed by atoms with van der Waals surface area (Å²) in [5.41, 5.74) is 5.56. The van der Waals surface area contributed by atoms with Crippen molar-refractivity contribution in [2.24, 2.45) is 5.92 Å². The molecule has 0 saturated carbocycles. The standard InChI is InChI=1S/C13H21FN2O2S/c1-4-10(3)9-16(5-2)19(17,18)13-7-6-11(14)8-12(13)15/h6-8,10H,4-5,9,15H2,1-3H3. The molecule has 0 bridgehead atoms. The fourth-order valence-electron chi connectivity index (χ4n) is 1.77. The molecular formula is C13H21FN2O2S. The number of halogens is 1. The summed E-state index contributed by atoms with van der Waals surface area (Å²) in [7, 11) is -3.66. The van der Waals surface area contributed by atoms with Gasteiger partial charge in [0.1, 0.15) is 10.7 Å². The van der Waals surface area contributed by atoms with Gasteiger partial charge in [0.05, 0.1) is 5.69 Å². The van der Waals surface area contributed by atoms with E-state index in [1.807, 2.05) is 13.8 Å². The third kappa shape index (κ3) is 3.67. The molecule has 0 aromatic heterocycles. The number of nitrogens with two attached hydrogens (primary N) is 1. The van der Waals surface area contributed by atoms with Gasteiger partial charge in [-0.25, -0.2) is 12.8 Å². The van der Waals surface area contributed by atoms with E-state index in [-0.39, 0.29) is 16.5 Å². The molecule has 0 amide bonds. The molecule has 0 radical (unpaired) electrons. The lowest BCUT2D eigenvalue weighted by Gasteiger charge is -2.24. The Balaban J connectivity index is 3.13. The Kier molecular flexibility index (Phi) is 5.31. The summed E-state index contributed by atoms with van der Waals surface area (Å²) in [4.78, 5) is -0.0287. The van der Waals surface area contributed by atoms with Crippen molar-refractivity contribution in [3.63, 3.8) is 0 Å². The lowest BCUT2D eigenvalue weighted by Crippen LogP contribution is -2.35. The van der Waals surface area contributed by atoms with E-state index in [1.165, 1.54) is 10.4 Å². The third-order valence-electron chi connectivity index (χ3n) is 3.15. The Morgan fingerprint density at radius 1 is 1.37 bits per heavy atom. The second kappa shape index (κ2) is 6.34. The molecule has 0 aliphatic carbocycles. The van der Waals surface area contributed by atoms with E-state index in [4.69, 9.17) is 5.73 Å². The summed E-state index contributed by atoms with van der Waals surface area (Å²) < 4.78 is 39.3. The summed E-state index contributed by atoms with van der Waals surface area (Å²) in [5.74, 6) is -0.280. The Morgan fingerprint density at radius 2 is 2.00 bits per heavy atom. The van der Waals surface area contributed by atoms with Crippen LogP contribution in [0, 0.1) is 11.7 Å². The van der Waals surface area contributed by atoms with E-state index < -0.39 is 15.8 Å². The van der Waals surface area contributed by atoms with Crippen LogP contribution in [0.4, 0.5) is 10.1 Å². The summed E-state index contributed by atoms with van der Waals surface area (Å²) in [6.45, 7) is 6.58. The zero-order valence-corrected chi connectivity index (χ0v) is 12.4. The number of hydrogen-bond donors (Lipinski definition) is 1. The van der Waals surface area contributed by atoms with Gasteiger partial charge in [-0.05, 0) is 24.1 Å². The van der Waals surface area contributed by atoms with Crippen molar-refractivity contribution in [1.29, 1.82) is 0 Å². The van der Waals surface area contributed by atoms with Crippen molar-refractivity contribution >= 4 is 15.7 Å². The van der Waals surface area contributed by atoms with Crippen LogP contribution in [-0.4, -0.2) is 25.8 Å². The van der Waals surface area contributed by atoms with Gasteiger partial charge in [-0.15, -0.1) is 0 Å². The molecule has 2 N–H and O–H groups in total. The van der Waals surface area contributed by atoms with Crippen molar-refractivity contribution < 1.29 is 12.8 Å². The Labute approximate surface area is 114 Å². The second-order valence-corrected chi connectivity index (χ2v) is 6.56. The van der Waals surface area contributed by atoms with E-state index >= 15 is 0 Å². The lowest BCUT2D eigenvalue weighted by atomic mass is 10.1. The predicted octanol–water partition coefficient (Wildman–Crippen LogP) is 2.46. The largest absolute Gasteiger partial charge is 0.398 e. The highest BCUT2D eigenvalue weighted by Crippen LogP contribution is 2.24. The highest BCUT2D eigenvalue weighted by Gasteiger charge is 2.26. The summed E-state index contributed by atoms with van der Waals surface area (Å²) in [6.07, 6.45) is 0.894. The molecular weight excluding hydrogens is 267 g/mol. The first-order chi connectivity index (χ1) is 8.82. The number of hydrogen-bond acceptors (Lipinski definition) is 3. The van der Waals surface area contributed by atoms with Crippen molar-refractivity contribution in [1.82, 2.24) is 4.31 Å². The molecule has 108 valence electrons. The first kappa shape index (κ1) is 15.9. The molecule has 0 spiro atoms. The highest BCUT2D eigenvalue weighted by molar-refractivity contribution is 7.89. The van der Waals surface area contributed by atoms with Crippen LogP contribution in [0.15, 0.2) is 23.1 Å². The molecule has 0 aliphatic rings. The van der Waals surface area contributed by atoms with E-state index in [0.29, 0.717) is 13.1 Å². The maximum Gasteiger partial charge on any atom is 0.245 e. The fourth-order valence-corrected chi connectivity index (χ4v) is 3.43. The predicted molar refractivity (Wildman–Crippen MR) is 74.7 cm³/mol. The van der Waals surface area contributed by atoms with Crippen LogP contribution in [-0.2, 0) is 10.0 Å². The van der Waals surface area contributed by atoms with Crippen LogP contribution in [0.1, 0.15) is 27.2 Å². The highest BCUT2D eigenvalue weighted by atomic mass is 32.2. The Morgan fingerprint density at radius 3 is 2.47 bits per heavy atom. The molecule has 0 heterocycles. The minimum Gasteiger partial charge on any atom is -0.398 e. The van der Waals surface area contributed by atoms with Crippen LogP contribution in [0.25, 0.3) is 0 Å². The van der Waals surface area contributed by atoms with E-state index in [1.54, 1.807) is 6.92 Å². The third-order valence-corrected chi connectivity index (χ3v) is 5.17. The summed E-state index contributed by atoms with van der Waals surface area (Å²) in [5, 5.41) is 0. The van der Waals surface area contributed by atoms with Crippen LogP contribution in [0.3, 0.4) is 0 Å². The van der Waals surface area contributed by atoms with Gasteiger partial charge in [0, 0.05) is 13.1 Å². The van der Waals surface area contributed by atoms with Crippen molar-refractivity contribution in [2.45, 2.75) is 32.1 Å². The van der Waals surface area contributed by atoms with Crippen molar-refractivity contribution in [2.75, 3.05) is 18.8 Å². The van der Waals surface area contributed by atoms with Gasteiger partial charge in [-0.3, -0.25) is 0 Å². The number of nitrogens with zero attached hydrogens (tertiary/aromatic N) is 1. The second-order valence-electron chi connectivity index (χ2n) is 4.65. The van der Waals surface area contributed by atoms with Crippen molar-refractivity contribution in [3.8, 4) is 0 Å². The van der Waals surface area contributed by atoms with Gasteiger partial charge in [0.15, 0.2) is 0 Å². The Hall–Kier alpha value is -1.14. The first-order valence-corrected chi connectivity index (χ1v) is 7.82. The van der Waals surface area contributed by atoms with E-state index in [0.717, 1.165) is 18.6 Å². The topological polar surface area (TPSA) is 63.4 Å². The monoisotopic (exact) mass is 288 g/mol. The summed E-state index contributed by atoms with van der Waals surface area (Å²) >= 11 is 0. The quantitative estimate of drug-likeness (QED) is 0.818. The lowest BCUT2D eigenvalue weighted by molar-refractivity contribution is 0.362. The first-order valence-electron chi connectivity index (χ1n) is 6.38. The smallest absolute Gasteiger partial charge is 0.245 e. The van der Waals surface area contributed by atoms with Gasteiger partial charge in [0.2, 0.25) is 10.0 Å². The fraction of sp³-hybridized carbons (Fsp3) is 0.538. The Bertz CT molecular complexity index is 531. The number of benzene rings is 1. The minimum atomic E-state index is -3.66. The minimum absolute atomic E-state index is 0.0287. The molecule has 0 aliphatic heterocycles. The molecule has 19 heavy (non-hydrogen) atoms. The number of nitrogen functional groups attached to an aromatic ring is 1. The molecule has 4 nitrogen and oxygen atoms in total. The molecule has 6 heteroatoms. The van der Waals surface area contributed by atoms with Crippen LogP contribution in [0.5, 0.6) is 0 Å². The molecule has 0 saturated heterocycles. The van der Waals surface area contributed by atoms with Gasteiger partial charge < -0.3 is 5.73 Å². The molecule has 1 rings (SSSR count). The van der Waals surface area contributed by atoms with Crippen molar-refractivity contribution in [3.05, 3.63) is 24.0 Å². The van der Waals surface area contributed by atoms with E-state index in [9.17, 15) is 12.8 Å². The van der Waals surface area contributed by atoms with Crippen LogP contribution in [0.2, 0.25) is 0 Å². The molecule has 1 atom stereocenters. The molecule has 1 unspecified atom stereocenters.